The van der Waals surface area contributed by atoms with Gasteiger partial charge in [-0.25, -0.2) is 0 Å². The van der Waals surface area contributed by atoms with Gasteiger partial charge in [0, 0.05) is 11.8 Å². The molecular formula is C28H48O4. The molecule has 0 amide bonds. The maximum Gasteiger partial charge on any atom is 0.160 e. The summed E-state index contributed by atoms with van der Waals surface area (Å²) in [5, 5.41) is 0. The number of rotatable bonds is 6. The molecule has 3 saturated carbocycles. The maximum atomic E-state index is 5.88. The van der Waals surface area contributed by atoms with E-state index in [0.29, 0.717) is 11.8 Å². The van der Waals surface area contributed by atoms with Crippen molar-refractivity contribution in [2.24, 2.45) is 35.5 Å². The lowest BCUT2D eigenvalue weighted by Crippen LogP contribution is -2.35. The maximum absolute atomic E-state index is 5.88. The van der Waals surface area contributed by atoms with Gasteiger partial charge in [0.05, 0.1) is 26.4 Å². The van der Waals surface area contributed by atoms with Gasteiger partial charge in [-0.1, -0.05) is 25.7 Å². The third-order valence-electron chi connectivity index (χ3n) is 9.56. The predicted molar refractivity (Wildman–Crippen MR) is 126 cm³/mol. The fourth-order valence-electron chi connectivity index (χ4n) is 7.59. The summed E-state index contributed by atoms with van der Waals surface area (Å²) in [4.78, 5) is 0. The molecular weight excluding hydrogens is 400 g/mol. The topological polar surface area (TPSA) is 36.9 Å². The van der Waals surface area contributed by atoms with Crippen LogP contribution >= 0.6 is 0 Å². The average molecular weight is 449 g/mol. The predicted octanol–water partition coefficient (Wildman–Crippen LogP) is 6.71. The first kappa shape index (κ1) is 23.6. The van der Waals surface area contributed by atoms with Crippen molar-refractivity contribution in [2.45, 2.75) is 115 Å². The SMILES string of the molecule is C1COC(C2CCC(CC3CCC(CC4CCC(C5OCCCO5)CC4)CC3)CC2)OC1. The van der Waals surface area contributed by atoms with E-state index in [-0.39, 0.29) is 12.6 Å². The molecule has 2 aliphatic heterocycles. The highest BCUT2D eigenvalue weighted by atomic mass is 16.7. The van der Waals surface area contributed by atoms with Crippen LogP contribution in [-0.4, -0.2) is 39.0 Å². The van der Waals surface area contributed by atoms with Gasteiger partial charge in [0.1, 0.15) is 0 Å². The largest absolute Gasteiger partial charge is 0.352 e. The molecule has 4 nitrogen and oxygen atoms in total. The Morgan fingerprint density at radius 1 is 0.375 bits per heavy atom. The first-order valence-corrected chi connectivity index (χ1v) is 14.3. The van der Waals surface area contributed by atoms with Crippen LogP contribution in [0.2, 0.25) is 0 Å². The molecule has 5 aliphatic rings. The van der Waals surface area contributed by atoms with E-state index in [1.54, 1.807) is 0 Å². The van der Waals surface area contributed by atoms with E-state index in [1.165, 1.54) is 89.9 Å². The quantitative estimate of drug-likeness (QED) is 0.452. The minimum atomic E-state index is 0.109. The lowest BCUT2D eigenvalue weighted by atomic mass is 9.70. The van der Waals surface area contributed by atoms with E-state index < -0.39 is 0 Å². The number of ether oxygens (including phenoxy) is 4. The van der Waals surface area contributed by atoms with Gasteiger partial charge in [-0.3, -0.25) is 0 Å². The molecule has 4 heteroatoms. The van der Waals surface area contributed by atoms with E-state index >= 15 is 0 Å². The van der Waals surface area contributed by atoms with Gasteiger partial charge in [0.2, 0.25) is 0 Å². The van der Waals surface area contributed by atoms with Crippen molar-refractivity contribution in [1.82, 2.24) is 0 Å². The van der Waals surface area contributed by atoms with Crippen molar-refractivity contribution in [3.05, 3.63) is 0 Å². The summed E-state index contributed by atoms with van der Waals surface area (Å²) in [7, 11) is 0. The van der Waals surface area contributed by atoms with Crippen molar-refractivity contribution in [3.8, 4) is 0 Å². The average Bonchev–Trinajstić information content (AvgIpc) is 2.87. The molecule has 184 valence electrons. The third-order valence-corrected chi connectivity index (χ3v) is 9.56. The fourth-order valence-corrected chi connectivity index (χ4v) is 7.59. The zero-order chi connectivity index (χ0) is 21.6. The van der Waals surface area contributed by atoms with E-state index in [0.717, 1.165) is 62.9 Å². The van der Waals surface area contributed by atoms with Crippen molar-refractivity contribution >= 4 is 0 Å². The van der Waals surface area contributed by atoms with Crippen LogP contribution < -0.4 is 0 Å². The normalized spacial score (nSPS) is 40.9. The summed E-state index contributed by atoms with van der Waals surface area (Å²) in [5.74, 6) is 5.27. The third kappa shape index (κ3) is 6.49. The van der Waals surface area contributed by atoms with Crippen LogP contribution in [0.15, 0.2) is 0 Å². The van der Waals surface area contributed by atoms with E-state index in [9.17, 15) is 0 Å². The van der Waals surface area contributed by atoms with Gasteiger partial charge in [-0.05, 0) is 101 Å². The van der Waals surface area contributed by atoms with Gasteiger partial charge in [-0.15, -0.1) is 0 Å². The Hall–Kier alpha value is -0.160. The second-order valence-electron chi connectivity index (χ2n) is 11.8. The molecule has 0 unspecified atom stereocenters. The Balaban J connectivity index is 0.950. The van der Waals surface area contributed by atoms with Crippen molar-refractivity contribution < 1.29 is 18.9 Å². The standard InChI is InChI=1S/C28H48O4/c1-15-29-27(30-16-1)25-11-7-23(8-12-25)19-21-3-5-22(6-4-21)20-24-9-13-26(14-10-24)28-31-17-2-18-32-28/h21-28H,1-20H2. The number of hydrogen-bond donors (Lipinski definition) is 0. The fraction of sp³-hybridized carbons (Fsp3) is 1.00. The summed E-state index contributed by atoms with van der Waals surface area (Å²) in [5.41, 5.74) is 0. The lowest BCUT2D eigenvalue weighted by Gasteiger charge is -2.38. The van der Waals surface area contributed by atoms with E-state index in [4.69, 9.17) is 18.9 Å². The molecule has 3 aliphatic carbocycles. The molecule has 2 saturated heterocycles. The van der Waals surface area contributed by atoms with Crippen molar-refractivity contribution in [1.29, 1.82) is 0 Å². The zero-order valence-electron chi connectivity index (χ0n) is 20.4. The highest BCUT2D eigenvalue weighted by Gasteiger charge is 2.34. The molecule has 0 bridgehead atoms. The molecule has 5 fully saturated rings. The van der Waals surface area contributed by atoms with Gasteiger partial charge >= 0.3 is 0 Å². The van der Waals surface area contributed by atoms with Gasteiger partial charge in [0.25, 0.3) is 0 Å². The molecule has 0 radical (unpaired) electrons. The summed E-state index contributed by atoms with van der Waals surface area (Å²) >= 11 is 0. The van der Waals surface area contributed by atoms with Crippen LogP contribution in [0, 0.1) is 35.5 Å². The Morgan fingerprint density at radius 3 is 0.969 bits per heavy atom. The van der Waals surface area contributed by atoms with Crippen LogP contribution in [0.25, 0.3) is 0 Å². The van der Waals surface area contributed by atoms with Gasteiger partial charge in [0.15, 0.2) is 12.6 Å². The summed E-state index contributed by atoms with van der Waals surface area (Å²) < 4.78 is 23.5. The summed E-state index contributed by atoms with van der Waals surface area (Å²) in [6, 6.07) is 0. The Labute approximate surface area is 196 Å². The highest BCUT2D eigenvalue weighted by Crippen LogP contribution is 2.43. The molecule has 0 aromatic heterocycles. The van der Waals surface area contributed by atoms with Crippen LogP contribution in [0.3, 0.4) is 0 Å². The van der Waals surface area contributed by atoms with Crippen molar-refractivity contribution in [2.75, 3.05) is 26.4 Å². The zero-order valence-corrected chi connectivity index (χ0v) is 20.4. The van der Waals surface area contributed by atoms with Crippen LogP contribution in [0.4, 0.5) is 0 Å². The van der Waals surface area contributed by atoms with Crippen LogP contribution in [-0.2, 0) is 18.9 Å². The Bertz CT molecular complexity index is 470. The highest BCUT2D eigenvalue weighted by molar-refractivity contribution is 4.82. The summed E-state index contributed by atoms with van der Waals surface area (Å²) in [6.07, 6.45) is 22.3. The molecule has 0 spiro atoms. The molecule has 32 heavy (non-hydrogen) atoms. The first-order chi connectivity index (χ1) is 15.8. The summed E-state index contributed by atoms with van der Waals surface area (Å²) in [6.45, 7) is 3.61. The second kappa shape index (κ2) is 12.0. The van der Waals surface area contributed by atoms with Gasteiger partial charge < -0.3 is 18.9 Å². The Morgan fingerprint density at radius 2 is 0.656 bits per heavy atom. The Kier molecular flexibility index (Phi) is 8.84. The first-order valence-electron chi connectivity index (χ1n) is 14.3. The number of hydrogen-bond acceptors (Lipinski definition) is 4. The van der Waals surface area contributed by atoms with E-state index in [1.807, 2.05) is 0 Å². The van der Waals surface area contributed by atoms with Crippen LogP contribution in [0.5, 0.6) is 0 Å². The van der Waals surface area contributed by atoms with Gasteiger partial charge in [-0.2, -0.15) is 0 Å². The second-order valence-corrected chi connectivity index (χ2v) is 11.8. The monoisotopic (exact) mass is 448 g/mol. The lowest BCUT2D eigenvalue weighted by molar-refractivity contribution is -0.210. The van der Waals surface area contributed by atoms with Crippen LogP contribution in [0.1, 0.15) is 103 Å². The molecule has 0 N–H and O–H groups in total. The van der Waals surface area contributed by atoms with Crippen molar-refractivity contribution in [3.63, 3.8) is 0 Å². The minimum absolute atomic E-state index is 0.109. The molecule has 0 atom stereocenters. The minimum Gasteiger partial charge on any atom is -0.352 e. The smallest absolute Gasteiger partial charge is 0.160 e. The molecule has 0 aromatic rings. The van der Waals surface area contributed by atoms with E-state index in [2.05, 4.69) is 0 Å². The molecule has 0 aromatic carbocycles. The molecule has 5 rings (SSSR count). The molecule has 2 heterocycles.